The van der Waals surface area contributed by atoms with E-state index in [0.29, 0.717) is 0 Å². The molecule has 1 heterocycles. The molecular weight excluding hydrogens is 138 g/mol. The number of aryl methyl sites for hydroxylation is 1. The van der Waals surface area contributed by atoms with Crippen LogP contribution in [0.25, 0.3) is 0 Å². The summed E-state index contributed by atoms with van der Waals surface area (Å²) in [5.41, 5.74) is -0.977. The number of rotatable bonds is 1. The Morgan fingerprint density at radius 1 is 1.80 bits per heavy atom. The molecule has 0 saturated heterocycles. The largest absolute Gasteiger partial charge is 0.477 e. The molecule has 0 unspecified atom stereocenters. The molecule has 1 aromatic rings. The highest BCUT2D eigenvalue weighted by Gasteiger charge is 2.11. The molecule has 5 heteroatoms. The zero-order valence-electron chi connectivity index (χ0n) is 5.20. The molecule has 0 radical (unpaired) electrons. The van der Waals surface area contributed by atoms with Crippen molar-refractivity contribution in [2.24, 2.45) is 7.05 Å². The Morgan fingerprint density at radius 2 is 2.40 bits per heavy atom. The number of carboxylic acid groups (broad SMARTS) is 1. The number of carboxylic acids is 1. The fraction of sp³-hybridized carbons (Fsp3) is 0.200. The second-order valence-electron chi connectivity index (χ2n) is 1.74. The molecule has 1 aromatic heterocycles. The highest BCUT2D eigenvalue weighted by atomic mass is 16.5. The van der Waals surface area contributed by atoms with Gasteiger partial charge in [0.1, 0.15) is 6.26 Å². The third-order valence-electron chi connectivity index (χ3n) is 1.08. The van der Waals surface area contributed by atoms with E-state index in [1.54, 1.807) is 0 Å². The Balaban J connectivity index is 3.32. The molecule has 54 valence electrons. The van der Waals surface area contributed by atoms with Crippen molar-refractivity contribution in [3.63, 3.8) is 0 Å². The van der Waals surface area contributed by atoms with Crippen LogP contribution in [0.1, 0.15) is 10.4 Å². The molecule has 5 nitrogen and oxygen atoms in total. The first-order valence-corrected chi connectivity index (χ1v) is 2.51. The summed E-state index contributed by atoms with van der Waals surface area (Å²) in [5.74, 6) is -1.27. The van der Waals surface area contributed by atoms with E-state index in [2.05, 4.69) is 4.52 Å². The molecule has 0 fully saturated rings. The van der Waals surface area contributed by atoms with Crippen molar-refractivity contribution in [1.29, 1.82) is 0 Å². The number of aromatic nitrogens is 1. The maximum Gasteiger partial charge on any atom is 0.344 e. The predicted octanol–water partition coefficient (Wildman–Crippen LogP) is -0.323. The molecule has 0 atom stereocenters. The van der Waals surface area contributed by atoms with Gasteiger partial charge in [0.2, 0.25) is 0 Å². The van der Waals surface area contributed by atoms with Crippen molar-refractivity contribution in [2.45, 2.75) is 0 Å². The molecule has 0 aliphatic rings. The molecule has 10 heavy (non-hydrogen) atoms. The fourth-order valence-corrected chi connectivity index (χ4v) is 0.542. The minimum absolute atomic E-state index is 0.345. The lowest BCUT2D eigenvalue weighted by Gasteiger charge is -1.79. The Kier molecular flexibility index (Phi) is 1.33. The van der Waals surface area contributed by atoms with Crippen LogP contribution in [0.5, 0.6) is 0 Å². The summed E-state index contributed by atoms with van der Waals surface area (Å²) >= 11 is 0. The van der Waals surface area contributed by atoms with E-state index in [-0.39, 0.29) is 5.56 Å². The Labute approximate surface area is 55.5 Å². The summed E-state index contributed by atoms with van der Waals surface area (Å²) in [5, 5.41) is 8.31. The number of carbonyl (C=O) groups is 1. The van der Waals surface area contributed by atoms with Gasteiger partial charge >= 0.3 is 5.97 Å². The van der Waals surface area contributed by atoms with Crippen molar-refractivity contribution in [2.75, 3.05) is 0 Å². The lowest BCUT2D eigenvalue weighted by Crippen LogP contribution is -2.17. The van der Waals surface area contributed by atoms with Crippen LogP contribution in [-0.4, -0.2) is 15.8 Å². The van der Waals surface area contributed by atoms with Gasteiger partial charge in [-0.25, -0.2) is 4.79 Å². The molecule has 0 aliphatic carbocycles. The Hall–Kier alpha value is -1.52. The number of hydrogen-bond acceptors (Lipinski definition) is 3. The van der Waals surface area contributed by atoms with E-state index >= 15 is 0 Å². The van der Waals surface area contributed by atoms with Gasteiger partial charge in [-0.15, -0.1) is 0 Å². The van der Waals surface area contributed by atoms with Crippen LogP contribution in [0.15, 0.2) is 15.6 Å². The first-order valence-electron chi connectivity index (χ1n) is 2.51. The van der Waals surface area contributed by atoms with Gasteiger partial charge < -0.3 is 9.63 Å². The average Bonchev–Trinajstić information content (AvgIpc) is 2.14. The monoisotopic (exact) mass is 143 g/mol. The van der Waals surface area contributed by atoms with Crippen LogP contribution in [-0.2, 0) is 7.05 Å². The number of hydrogen-bond donors (Lipinski definition) is 1. The zero-order chi connectivity index (χ0) is 7.72. The van der Waals surface area contributed by atoms with Gasteiger partial charge in [0.05, 0.1) is 0 Å². The van der Waals surface area contributed by atoms with Crippen LogP contribution in [0.3, 0.4) is 0 Å². The van der Waals surface area contributed by atoms with Gasteiger partial charge in [0.25, 0.3) is 5.56 Å². The molecule has 1 N–H and O–H groups in total. The maximum absolute atomic E-state index is 10.7. The normalized spacial score (nSPS) is 9.70. The van der Waals surface area contributed by atoms with E-state index in [9.17, 15) is 9.59 Å². The average molecular weight is 143 g/mol. The third kappa shape index (κ3) is 0.812. The van der Waals surface area contributed by atoms with E-state index in [4.69, 9.17) is 5.11 Å². The second kappa shape index (κ2) is 2.02. The zero-order valence-corrected chi connectivity index (χ0v) is 5.20. The molecule has 0 aliphatic heterocycles. The predicted molar refractivity (Wildman–Crippen MR) is 30.9 cm³/mol. The summed E-state index contributed by atoms with van der Waals surface area (Å²) < 4.78 is 5.33. The topological polar surface area (TPSA) is 72.4 Å². The SMILES string of the molecule is Cn1occ(C(=O)O)c1=O. The quantitative estimate of drug-likeness (QED) is 0.584. The van der Waals surface area contributed by atoms with E-state index in [0.717, 1.165) is 11.0 Å². The first kappa shape index (κ1) is 6.60. The van der Waals surface area contributed by atoms with Crippen molar-refractivity contribution in [1.82, 2.24) is 4.74 Å². The van der Waals surface area contributed by atoms with Gasteiger partial charge in [0.15, 0.2) is 5.56 Å². The van der Waals surface area contributed by atoms with Crippen LogP contribution in [0, 0.1) is 0 Å². The summed E-state index contributed by atoms with van der Waals surface area (Å²) in [4.78, 5) is 20.9. The highest BCUT2D eigenvalue weighted by molar-refractivity contribution is 5.86. The third-order valence-corrected chi connectivity index (χ3v) is 1.08. The summed E-state index contributed by atoms with van der Waals surface area (Å²) in [6.45, 7) is 0. The van der Waals surface area contributed by atoms with Gasteiger partial charge in [-0.1, -0.05) is 0 Å². The van der Waals surface area contributed by atoms with E-state index in [1.807, 2.05) is 0 Å². The fourth-order valence-electron chi connectivity index (χ4n) is 0.542. The minimum Gasteiger partial charge on any atom is -0.477 e. The highest BCUT2D eigenvalue weighted by Crippen LogP contribution is 1.89. The van der Waals surface area contributed by atoms with E-state index < -0.39 is 11.5 Å². The maximum atomic E-state index is 10.7. The molecule has 1 rings (SSSR count). The van der Waals surface area contributed by atoms with Gasteiger partial charge in [0, 0.05) is 7.05 Å². The van der Waals surface area contributed by atoms with E-state index in [1.165, 1.54) is 7.05 Å². The molecule has 0 aromatic carbocycles. The molecular formula is C5H5NO4. The van der Waals surface area contributed by atoms with Crippen LogP contribution < -0.4 is 5.56 Å². The molecule has 0 spiro atoms. The smallest absolute Gasteiger partial charge is 0.344 e. The minimum atomic E-state index is -1.27. The van der Waals surface area contributed by atoms with Gasteiger partial charge in [-0.3, -0.25) is 4.79 Å². The lowest BCUT2D eigenvalue weighted by atomic mass is 10.4. The number of nitrogens with zero attached hydrogens (tertiary/aromatic N) is 1. The van der Waals surface area contributed by atoms with Crippen molar-refractivity contribution in [3.05, 3.63) is 22.2 Å². The van der Waals surface area contributed by atoms with Crippen molar-refractivity contribution in [3.8, 4) is 0 Å². The van der Waals surface area contributed by atoms with Crippen molar-refractivity contribution >= 4 is 5.97 Å². The summed E-state index contributed by atoms with van der Waals surface area (Å²) in [6.07, 6.45) is 0.907. The molecule has 0 bridgehead atoms. The van der Waals surface area contributed by atoms with Gasteiger partial charge in [-0.2, -0.15) is 4.74 Å². The van der Waals surface area contributed by atoms with Crippen LogP contribution in [0.4, 0.5) is 0 Å². The Morgan fingerprint density at radius 3 is 2.60 bits per heavy atom. The Bertz CT molecular complexity index is 308. The van der Waals surface area contributed by atoms with Crippen molar-refractivity contribution < 1.29 is 14.4 Å². The van der Waals surface area contributed by atoms with Crippen LogP contribution in [0.2, 0.25) is 0 Å². The second-order valence-corrected chi connectivity index (χ2v) is 1.74. The first-order chi connectivity index (χ1) is 4.63. The number of aromatic carboxylic acids is 1. The standard InChI is InChI=1S/C5H5NO4/c1-6-4(7)3(2-10-6)5(8)9/h2H,1H3,(H,8,9). The van der Waals surface area contributed by atoms with Crippen LogP contribution >= 0.6 is 0 Å². The summed E-state index contributed by atoms with van der Waals surface area (Å²) in [7, 11) is 1.34. The molecule has 0 amide bonds. The van der Waals surface area contributed by atoms with Gasteiger partial charge in [-0.05, 0) is 0 Å². The summed E-state index contributed by atoms with van der Waals surface area (Å²) in [6, 6.07) is 0. The molecule has 0 saturated carbocycles. The lowest BCUT2D eigenvalue weighted by molar-refractivity contribution is 0.0695.